The lowest BCUT2D eigenvalue weighted by Crippen LogP contribution is -2.17. The van der Waals surface area contributed by atoms with Crippen LogP contribution in [0, 0.1) is 5.92 Å². The van der Waals surface area contributed by atoms with Gasteiger partial charge in [0.25, 0.3) is 0 Å². The van der Waals surface area contributed by atoms with Gasteiger partial charge in [-0.25, -0.2) is 4.98 Å². The van der Waals surface area contributed by atoms with Crippen molar-refractivity contribution in [1.29, 1.82) is 0 Å². The molecule has 4 heteroatoms. The molecule has 0 spiro atoms. The molecule has 0 saturated carbocycles. The van der Waals surface area contributed by atoms with Gasteiger partial charge in [-0.05, 0) is 30.0 Å². The summed E-state index contributed by atoms with van der Waals surface area (Å²) in [4.78, 5) is 16.5. The van der Waals surface area contributed by atoms with E-state index in [0.29, 0.717) is 10.6 Å². The van der Waals surface area contributed by atoms with Crippen LogP contribution in [0.5, 0.6) is 0 Å². The number of pyridine rings is 1. The molecule has 0 amide bonds. The molecule has 3 nitrogen and oxygen atoms in total. The van der Waals surface area contributed by atoms with Gasteiger partial charge in [-0.1, -0.05) is 35.9 Å². The Hall–Kier alpha value is -1.87. The molecule has 1 aliphatic carbocycles. The maximum Gasteiger partial charge on any atom is 0.170 e. The fourth-order valence-corrected chi connectivity index (χ4v) is 2.77. The number of halogens is 1. The highest BCUT2D eigenvalue weighted by Gasteiger charge is 2.29. The molecule has 0 fully saturated rings. The van der Waals surface area contributed by atoms with E-state index in [9.17, 15) is 4.79 Å². The van der Waals surface area contributed by atoms with Crippen molar-refractivity contribution in [2.24, 2.45) is 5.92 Å². The van der Waals surface area contributed by atoms with Crippen molar-refractivity contribution in [2.75, 3.05) is 5.73 Å². The van der Waals surface area contributed by atoms with E-state index in [-0.39, 0.29) is 17.5 Å². The Morgan fingerprint density at radius 1 is 1.26 bits per heavy atom. The Kier molecular flexibility index (Phi) is 2.99. The molecule has 96 valence electrons. The number of fused-ring (bicyclic) bond motifs is 1. The molecular formula is C15H13ClN2O. The molecule has 0 bridgehead atoms. The van der Waals surface area contributed by atoms with Gasteiger partial charge in [-0.3, -0.25) is 4.79 Å². The fraction of sp³-hybridized carbons (Fsp3) is 0.200. The summed E-state index contributed by atoms with van der Waals surface area (Å²) >= 11 is 5.89. The topological polar surface area (TPSA) is 56.0 Å². The molecule has 0 atom stereocenters. The van der Waals surface area contributed by atoms with Crippen molar-refractivity contribution in [3.8, 4) is 0 Å². The molecule has 1 aliphatic rings. The number of Topliss-reactive ketones (excluding diaryl/α,β-unsaturated/α-hetero) is 1. The molecule has 0 aliphatic heterocycles. The number of hydrogen-bond donors (Lipinski definition) is 1. The Morgan fingerprint density at radius 2 is 1.89 bits per heavy atom. The molecule has 3 rings (SSSR count). The van der Waals surface area contributed by atoms with Crippen molar-refractivity contribution in [2.45, 2.75) is 12.8 Å². The van der Waals surface area contributed by atoms with Gasteiger partial charge in [0, 0.05) is 12.1 Å². The zero-order valence-electron chi connectivity index (χ0n) is 10.3. The number of ketones is 1. The van der Waals surface area contributed by atoms with Crippen LogP contribution in [0.15, 0.2) is 36.5 Å². The Labute approximate surface area is 116 Å². The van der Waals surface area contributed by atoms with Gasteiger partial charge in [0.15, 0.2) is 5.78 Å². The molecule has 0 saturated heterocycles. The quantitative estimate of drug-likeness (QED) is 0.855. The van der Waals surface area contributed by atoms with Crippen LogP contribution in [0.25, 0.3) is 0 Å². The fourth-order valence-electron chi connectivity index (χ4n) is 2.61. The Bertz CT molecular complexity index is 629. The molecule has 0 unspecified atom stereocenters. The van der Waals surface area contributed by atoms with Gasteiger partial charge in [0.05, 0.1) is 10.6 Å². The molecule has 19 heavy (non-hydrogen) atoms. The number of aromatic nitrogens is 1. The van der Waals surface area contributed by atoms with E-state index < -0.39 is 0 Å². The van der Waals surface area contributed by atoms with Crippen LogP contribution in [0.3, 0.4) is 0 Å². The summed E-state index contributed by atoms with van der Waals surface area (Å²) < 4.78 is 0. The van der Waals surface area contributed by atoms with Gasteiger partial charge in [-0.2, -0.15) is 0 Å². The lowest BCUT2D eigenvalue weighted by atomic mass is 9.95. The summed E-state index contributed by atoms with van der Waals surface area (Å²) in [5.74, 6) is 0.231. The maximum absolute atomic E-state index is 12.5. The number of nitrogens with zero attached hydrogens (tertiary/aromatic N) is 1. The molecule has 1 aromatic heterocycles. The van der Waals surface area contributed by atoms with Crippen LogP contribution in [0.2, 0.25) is 5.02 Å². The minimum absolute atomic E-state index is 0.0312. The van der Waals surface area contributed by atoms with Crippen LogP contribution < -0.4 is 5.73 Å². The number of nitrogens with two attached hydrogens (primary N) is 1. The molecule has 1 heterocycles. The summed E-state index contributed by atoms with van der Waals surface area (Å²) in [6, 6.07) is 9.75. The largest absolute Gasteiger partial charge is 0.383 e. The zero-order chi connectivity index (χ0) is 13.4. The first-order chi connectivity index (χ1) is 9.15. The third-order valence-corrected chi connectivity index (χ3v) is 3.78. The van der Waals surface area contributed by atoms with Crippen molar-refractivity contribution >= 4 is 23.2 Å². The van der Waals surface area contributed by atoms with Crippen LogP contribution in [0.4, 0.5) is 5.82 Å². The first-order valence-electron chi connectivity index (χ1n) is 6.17. The Balaban J connectivity index is 1.89. The number of carbonyl (C=O) groups excluding carboxylic acids is 1. The van der Waals surface area contributed by atoms with Crippen molar-refractivity contribution < 1.29 is 4.79 Å². The highest BCUT2D eigenvalue weighted by molar-refractivity contribution is 6.31. The Morgan fingerprint density at radius 3 is 2.53 bits per heavy atom. The van der Waals surface area contributed by atoms with E-state index in [1.54, 1.807) is 6.07 Å². The van der Waals surface area contributed by atoms with Crippen molar-refractivity contribution in [3.05, 3.63) is 58.2 Å². The number of anilines is 1. The smallest absolute Gasteiger partial charge is 0.170 e. The highest BCUT2D eigenvalue weighted by Crippen LogP contribution is 2.30. The van der Waals surface area contributed by atoms with Crippen LogP contribution in [-0.4, -0.2) is 10.8 Å². The van der Waals surface area contributed by atoms with E-state index in [0.717, 1.165) is 12.8 Å². The lowest BCUT2D eigenvalue weighted by Gasteiger charge is -2.09. The van der Waals surface area contributed by atoms with Gasteiger partial charge in [0.2, 0.25) is 0 Å². The second-order valence-corrected chi connectivity index (χ2v) is 5.26. The minimum atomic E-state index is -0.0556. The average Bonchev–Trinajstić information content (AvgIpc) is 2.84. The predicted octanol–water partition coefficient (Wildman–Crippen LogP) is 2.91. The number of rotatable bonds is 2. The van der Waals surface area contributed by atoms with Crippen molar-refractivity contribution in [3.63, 3.8) is 0 Å². The normalized spacial score (nSPS) is 14.4. The average molecular weight is 273 g/mol. The molecule has 1 aromatic carbocycles. The van der Waals surface area contributed by atoms with E-state index >= 15 is 0 Å². The SMILES string of the molecule is Nc1ncc(Cl)cc1C(=O)C1Cc2ccccc2C1. The second-order valence-electron chi connectivity index (χ2n) is 4.82. The standard InChI is InChI=1S/C15H13ClN2O/c16-12-7-13(15(17)18-8-12)14(19)11-5-9-3-1-2-4-10(9)6-11/h1-4,7-8,11H,5-6H2,(H2,17,18). The summed E-state index contributed by atoms with van der Waals surface area (Å²) in [7, 11) is 0. The van der Waals surface area contributed by atoms with E-state index in [2.05, 4.69) is 17.1 Å². The summed E-state index contributed by atoms with van der Waals surface area (Å²) in [5, 5.41) is 0.438. The number of benzene rings is 1. The second kappa shape index (κ2) is 4.67. The van der Waals surface area contributed by atoms with E-state index in [1.165, 1.54) is 17.3 Å². The van der Waals surface area contributed by atoms with Gasteiger partial charge in [0.1, 0.15) is 5.82 Å². The van der Waals surface area contributed by atoms with Crippen LogP contribution in [0.1, 0.15) is 21.5 Å². The monoisotopic (exact) mass is 272 g/mol. The molecule has 2 aromatic rings. The zero-order valence-corrected chi connectivity index (χ0v) is 11.0. The third kappa shape index (κ3) is 2.22. The van der Waals surface area contributed by atoms with Gasteiger partial charge >= 0.3 is 0 Å². The van der Waals surface area contributed by atoms with Gasteiger partial charge in [-0.15, -0.1) is 0 Å². The van der Waals surface area contributed by atoms with Crippen LogP contribution in [-0.2, 0) is 12.8 Å². The summed E-state index contributed by atoms with van der Waals surface area (Å²) in [6.45, 7) is 0. The van der Waals surface area contributed by atoms with E-state index in [4.69, 9.17) is 17.3 Å². The molecule has 0 radical (unpaired) electrons. The van der Waals surface area contributed by atoms with Crippen molar-refractivity contribution in [1.82, 2.24) is 4.98 Å². The number of nitrogen functional groups attached to an aromatic ring is 1. The van der Waals surface area contributed by atoms with Crippen LogP contribution >= 0.6 is 11.6 Å². The number of hydrogen-bond acceptors (Lipinski definition) is 3. The molecule has 2 N–H and O–H groups in total. The number of carbonyl (C=O) groups is 1. The van der Waals surface area contributed by atoms with Gasteiger partial charge < -0.3 is 5.73 Å². The first-order valence-corrected chi connectivity index (χ1v) is 6.55. The first kappa shape index (κ1) is 12.2. The lowest BCUT2D eigenvalue weighted by molar-refractivity contribution is 0.0925. The maximum atomic E-state index is 12.5. The van der Waals surface area contributed by atoms with E-state index in [1.807, 2.05) is 12.1 Å². The minimum Gasteiger partial charge on any atom is -0.383 e. The molecular weight excluding hydrogens is 260 g/mol. The summed E-state index contributed by atoms with van der Waals surface area (Å²) in [5.41, 5.74) is 8.70. The highest BCUT2D eigenvalue weighted by atomic mass is 35.5. The summed E-state index contributed by atoms with van der Waals surface area (Å²) in [6.07, 6.45) is 2.99. The third-order valence-electron chi connectivity index (χ3n) is 3.57. The predicted molar refractivity (Wildman–Crippen MR) is 75.3 cm³/mol.